The van der Waals surface area contributed by atoms with Gasteiger partial charge in [-0.15, -0.1) is 0 Å². The van der Waals surface area contributed by atoms with Crippen LogP contribution in [0, 0.1) is 0 Å². The fraction of sp³-hybridized carbons (Fsp3) is 0.550. The Balaban J connectivity index is 1.55. The van der Waals surface area contributed by atoms with Crippen LogP contribution in [-0.2, 0) is 9.59 Å². The molecule has 0 aromatic heterocycles. The Hall–Kier alpha value is -2.41. The monoisotopic (exact) mass is 373 g/mol. The lowest BCUT2D eigenvalue weighted by Crippen LogP contribution is -3.15. The molecule has 1 aliphatic carbocycles. The quantitative estimate of drug-likeness (QED) is 0.682. The third kappa shape index (κ3) is 5.29. The summed E-state index contributed by atoms with van der Waals surface area (Å²) in [5.41, 5.74) is 1.06. The van der Waals surface area contributed by atoms with Crippen LogP contribution in [0.5, 0.6) is 0 Å². The van der Waals surface area contributed by atoms with E-state index in [1.807, 2.05) is 17.0 Å². The van der Waals surface area contributed by atoms with Crippen molar-refractivity contribution in [1.82, 2.24) is 10.2 Å². The van der Waals surface area contributed by atoms with Gasteiger partial charge in [0, 0.05) is 13.0 Å². The summed E-state index contributed by atoms with van der Waals surface area (Å²) in [5.74, 6) is -0.150. The van der Waals surface area contributed by atoms with Gasteiger partial charge in [0.1, 0.15) is 0 Å². The fourth-order valence-corrected chi connectivity index (χ4v) is 3.86. The summed E-state index contributed by atoms with van der Waals surface area (Å²) in [6.07, 6.45) is 4.36. The number of hydrogen-bond acceptors (Lipinski definition) is 3. The maximum absolute atomic E-state index is 12.6. The predicted molar refractivity (Wildman–Crippen MR) is 103 cm³/mol. The van der Waals surface area contributed by atoms with Crippen molar-refractivity contribution in [3.8, 4) is 0 Å². The third-order valence-electron chi connectivity index (χ3n) is 5.46. The van der Waals surface area contributed by atoms with Gasteiger partial charge in [0.05, 0.1) is 37.4 Å². The number of rotatable bonds is 5. The average Bonchev–Trinajstić information content (AvgIpc) is 3.15. The first-order valence-electron chi connectivity index (χ1n) is 9.82. The van der Waals surface area contributed by atoms with Crippen molar-refractivity contribution in [1.29, 1.82) is 0 Å². The van der Waals surface area contributed by atoms with Crippen LogP contribution in [0.2, 0.25) is 0 Å². The first kappa shape index (κ1) is 19.4. The highest BCUT2D eigenvalue weighted by molar-refractivity contribution is 6.04. The van der Waals surface area contributed by atoms with Gasteiger partial charge in [0.25, 0.3) is 11.8 Å². The summed E-state index contributed by atoms with van der Waals surface area (Å²) in [7, 11) is 0. The number of nitrogens with one attached hydrogen (secondary N) is 3. The van der Waals surface area contributed by atoms with Crippen molar-refractivity contribution in [2.45, 2.75) is 38.6 Å². The summed E-state index contributed by atoms with van der Waals surface area (Å²) in [6, 6.07) is 7.39. The Bertz CT molecular complexity index is 692. The van der Waals surface area contributed by atoms with Gasteiger partial charge in [0.2, 0.25) is 5.91 Å². The van der Waals surface area contributed by atoms with E-state index in [-0.39, 0.29) is 23.8 Å². The van der Waals surface area contributed by atoms with E-state index in [9.17, 15) is 14.4 Å². The first-order chi connectivity index (χ1) is 13.0. The van der Waals surface area contributed by atoms with Gasteiger partial charge in [-0.3, -0.25) is 14.4 Å². The van der Waals surface area contributed by atoms with Crippen molar-refractivity contribution in [2.75, 3.05) is 38.0 Å². The summed E-state index contributed by atoms with van der Waals surface area (Å²) in [6.45, 7) is 4.79. The van der Waals surface area contributed by atoms with Crippen LogP contribution in [0.1, 0.15) is 43.0 Å². The highest BCUT2D eigenvalue weighted by Crippen LogP contribution is 2.20. The largest absolute Gasteiger partial charge is 0.349 e. The van der Waals surface area contributed by atoms with Crippen LogP contribution in [0.25, 0.3) is 0 Å². The van der Waals surface area contributed by atoms with Gasteiger partial charge in [0.15, 0.2) is 6.54 Å². The molecule has 7 heteroatoms. The fourth-order valence-electron chi connectivity index (χ4n) is 3.86. The number of carbonyl (C=O) groups is 3. The number of carbonyl (C=O) groups excluding carboxylic acids is 3. The molecule has 3 rings (SSSR count). The number of para-hydroxylation sites is 1. The number of amides is 3. The molecule has 146 valence electrons. The Morgan fingerprint density at radius 3 is 2.44 bits per heavy atom. The Morgan fingerprint density at radius 1 is 1.11 bits per heavy atom. The van der Waals surface area contributed by atoms with Gasteiger partial charge in [-0.05, 0) is 25.0 Å². The number of piperazine rings is 1. The normalized spacial score (nSPS) is 18.3. The lowest BCUT2D eigenvalue weighted by molar-refractivity contribution is -0.895. The van der Waals surface area contributed by atoms with Gasteiger partial charge in [-0.2, -0.15) is 0 Å². The van der Waals surface area contributed by atoms with E-state index in [0.29, 0.717) is 30.9 Å². The molecule has 0 radical (unpaired) electrons. The molecule has 1 saturated carbocycles. The molecule has 0 bridgehead atoms. The molecule has 0 spiro atoms. The average molecular weight is 373 g/mol. The molecule has 3 N–H and O–H groups in total. The maximum Gasteiger partial charge on any atom is 0.279 e. The molecule has 1 saturated heterocycles. The molecule has 7 nitrogen and oxygen atoms in total. The highest BCUT2D eigenvalue weighted by Gasteiger charge is 2.24. The van der Waals surface area contributed by atoms with Gasteiger partial charge < -0.3 is 20.4 Å². The SMILES string of the molecule is CC(=O)N1CC[NH+](CC(=O)Nc2ccccc2C(=O)NC2CCCC2)CC1. The van der Waals surface area contributed by atoms with E-state index < -0.39 is 0 Å². The van der Waals surface area contributed by atoms with E-state index in [0.717, 1.165) is 43.7 Å². The molecule has 27 heavy (non-hydrogen) atoms. The van der Waals surface area contributed by atoms with Crippen molar-refractivity contribution < 1.29 is 19.3 Å². The molecule has 1 aromatic carbocycles. The molecule has 3 amide bonds. The molecule has 0 atom stereocenters. The van der Waals surface area contributed by atoms with Crippen LogP contribution in [-0.4, -0.2) is 61.4 Å². The smallest absolute Gasteiger partial charge is 0.279 e. The summed E-state index contributed by atoms with van der Waals surface area (Å²) in [4.78, 5) is 39.4. The third-order valence-corrected chi connectivity index (χ3v) is 5.46. The molecular weight excluding hydrogens is 344 g/mol. The summed E-state index contributed by atoms with van der Waals surface area (Å²) >= 11 is 0. The summed E-state index contributed by atoms with van der Waals surface area (Å²) < 4.78 is 0. The number of benzene rings is 1. The van der Waals surface area contributed by atoms with E-state index >= 15 is 0 Å². The zero-order valence-corrected chi connectivity index (χ0v) is 15.9. The minimum Gasteiger partial charge on any atom is -0.349 e. The van der Waals surface area contributed by atoms with E-state index in [1.165, 1.54) is 0 Å². The van der Waals surface area contributed by atoms with Crippen molar-refractivity contribution in [3.63, 3.8) is 0 Å². The van der Waals surface area contributed by atoms with Gasteiger partial charge >= 0.3 is 0 Å². The number of hydrogen-bond donors (Lipinski definition) is 3. The molecule has 1 aromatic rings. The minimum atomic E-state index is -0.125. The van der Waals surface area contributed by atoms with Crippen LogP contribution in [0.4, 0.5) is 5.69 Å². The van der Waals surface area contributed by atoms with Crippen LogP contribution in [0.15, 0.2) is 24.3 Å². The maximum atomic E-state index is 12.6. The van der Waals surface area contributed by atoms with Gasteiger partial charge in [-0.25, -0.2) is 0 Å². The lowest BCUT2D eigenvalue weighted by Gasteiger charge is -2.31. The second kappa shape index (κ2) is 8.99. The van der Waals surface area contributed by atoms with Gasteiger partial charge in [-0.1, -0.05) is 25.0 Å². The molecule has 0 unspecified atom stereocenters. The molecule has 2 fully saturated rings. The molecule has 1 heterocycles. The molecule has 1 aliphatic heterocycles. The Kier molecular flexibility index (Phi) is 6.45. The molecular formula is C20H29N4O3+. The predicted octanol–water partition coefficient (Wildman–Crippen LogP) is 0.0445. The van der Waals surface area contributed by atoms with E-state index in [1.54, 1.807) is 19.1 Å². The second-order valence-electron chi connectivity index (χ2n) is 7.48. The Morgan fingerprint density at radius 2 is 1.78 bits per heavy atom. The van der Waals surface area contributed by atoms with Crippen molar-refractivity contribution in [3.05, 3.63) is 29.8 Å². The van der Waals surface area contributed by atoms with Crippen molar-refractivity contribution in [2.24, 2.45) is 0 Å². The second-order valence-corrected chi connectivity index (χ2v) is 7.48. The Labute approximate surface area is 160 Å². The highest BCUT2D eigenvalue weighted by atomic mass is 16.2. The zero-order valence-electron chi connectivity index (χ0n) is 15.9. The summed E-state index contributed by atoms with van der Waals surface area (Å²) in [5, 5.41) is 5.97. The topological polar surface area (TPSA) is 83.0 Å². The van der Waals surface area contributed by atoms with Crippen LogP contribution < -0.4 is 15.5 Å². The number of quaternary nitrogens is 1. The van der Waals surface area contributed by atoms with Crippen molar-refractivity contribution >= 4 is 23.4 Å². The first-order valence-corrected chi connectivity index (χ1v) is 9.82. The van der Waals surface area contributed by atoms with E-state index in [2.05, 4.69) is 10.6 Å². The zero-order chi connectivity index (χ0) is 19.2. The number of nitrogens with zero attached hydrogens (tertiary/aromatic N) is 1. The standard InChI is InChI=1S/C20H28N4O3/c1-15(25)24-12-10-23(11-13-24)14-19(26)22-18-9-5-4-8-17(18)20(27)21-16-6-2-3-7-16/h4-5,8-9,16H,2-3,6-7,10-14H2,1H3,(H,21,27)(H,22,26)/p+1. The van der Waals surface area contributed by atoms with Crippen LogP contribution >= 0.6 is 0 Å². The molecule has 2 aliphatic rings. The van der Waals surface area contributed by atoms with E-state index in [4.69, 9.17) is 0 Å². The minimum absolute atomic E-state index is 0.0840. The number of anilines is 1. The van der Waals surface area contributed by atoms with Crippen LogP contribution in [0.3, 0.4) is 0 Å². The lowest BCUT2D eigenvalue weighted by atomic mass is 10.1.